The number of amides is 2. The maximum atomic E-state index is 13.3. The van der Waals surface area contributed by atoms with Gasteiger partial charge in [-0.2, -0.15) is 0 Å². The van der Waals surface area contributed by atoms with Crippen LogP contribution in [0.1, 0.15) is 55.6 Å². The van der Waals surface area contributed by atoms with Crippen LogP contribution in [0.25, 0.3) is 0 Å². The van der Waals surface area contributed by atoms with Crippen LogP contribution in [-0.2, 0) is 9.59 Å². The number of thioether (sulfide) groups is 1. The van der Waals surface area contributed by atoms with Crippen molar-refractivity contribution in [3.05, 3.63) is 59.2 Å². The number of ketones is 1. The second-order valence-electron chi connectivity index (χ2n) is 8.87. The second-order valence-corrected chi connectivity index (χ2v) is 10.0. The van der Waals surface area contributed by atoms with Crippen LogP contribution in [-0.4, -0.2) is 39.0 Å². The molecule has 2 aromatic carbocycles. The van der Waals surface area contributed by atoms with E-state index in [1.165, 1.54) is 18.7 Å². The van der Waals surface area contributed by atoms with E-state index < -0.39 is 5.25 Å². The molecule has 0 radical (unpaired) electrons. The fourth-order valence-corrected chi connectivity index (χ4v) is 4.79. The van der Waals surface area contributed by atoms with Crippen molar-refractivity contribution in [2.45, 2.75) is 59.3 Å². The molecular formula is C26H31N3O3S. The van der Waals surface area contributed by atoms with Crippen molar-refractivity contribution >= 4 is 45.9 Å². The predicted molar refractivity (Wildman–Crippen MR) is 135 cm³/mol. The molecule has 1 aliphatic heterocycles. The number of carbonyl (C=O) groups is 3. The van der Waals surface area contributed by atoms with Crippen LogP contribution in [0, 0.1) is 19.8 Å². The Labute approximate surface area is 199 Å². The maximum Gasteiger partial charge on any atom is 0.242 e. The topological polar surface area (TPSA) is 78.8 Å². The van der Waals surface area contributed by atoms with E-state index in [0.717, 1.165) is 16.8 Å². The zero-order valence-corrected chi connectivity index (χ0v) is 20.8. The molecule has 2 amide bonds. The number of anilines is 1. The van der Waals surface area contributed by atoms with E-state index in [-0.39, 0.29) is 36.0 Å². The molecule has 1 saturated heterocycles. The molecule has 0 aromatic heterocycles. The molecular weight excluding hydrogens is 434 g/mol. The van der Waals surface area contributed by atoms with Gasteiger partial charge < -0.3 is 5.32 Å². The van der Waals surface area contributed by atoms with Crippen molar-refractivity contribution in [3.63, 3.8) is 0 Å². The van der Waals surface area contributed by atoms with Crippen LogP contribution in [0.3, 0.4) is 0 Å². The second kappa shape index (κ2) is 10.3. The monoisotopic (exact) mass is 465 g/mol. The number of Topliss-reactive ketones (excluding diaryl/α,β-unsaturated/α-hetero) is 1. The minimum absolute atomic E-state index is 0.0316. The average Bonchev–Trinajstić information content (AvgIpc) is 3.04. The van der Waals surface area contributed by atoms with E-state index in [2.05, 4.69) is 25.2 Å². The molecule has 6 nitrogen and oxygen atoms in total. The van der Waals surface area contributed by atoms with Crippen molar-refractivity contribution in [2.24, 2.45) is 10.9 Å². The zero-order valence-electron chi connectivity index (χ0n) is 20.0. The largest absolute Gasteiger partial charge is 0.326 e. The minimum Gasteiger partial charge on any atom is -0.326 e. The summed E-state index contributed by atoms with van der Waals surface area (Å²) in [6.45, 7) is 11.7. The number of benzene rings is 2. The molecule has 2 aromatic rings. The molecule has 0 saturated carbocycles. The van der Waals surface area contributed by atoms with Crippen LogP contribution in [0.15, 0.2) is 47.5 Å². The lowest BCUT2D eigenvalue weighted by molar-refractivity contribution is -0.129. The Kier molecular flexibility index (Phi) is 7.74. The highest BCUT2D eigenvalue weighted by Gasteiger charge is 2.42. The van der Waals surface area contributed by atoms with Gasteiger partial charge >= 0.3 is 0 Å². The Hall–Kier alpha value is -2.93. The average molecular weight is 466 g/mol. The molecule has 2 atom stereocenters. The van der Waals surface area contributed by atoms with Gasteiger partial charge in [0, 0.05) is 23.7 Å². The summed E-state index contributed by atoms with van der Waals surface area (Å²) >= 11 is 1.35. The van der Waals surface area contributed by atoms with E-state index in [1.807, 2.05) is 32.9 Å². The molecule has 1 aliphatic rings. The Morgan fingerprint density at radius 2 is 1.76 bits per heavy atom. The first-order chi connectivity index (χ1) is 15.6. The molecule has 0 spiro atoms. The smallest absolute Gasteiger partial charge is 0.242 e. The first kappa shape index (κ1) is 24.7. The van der Waals surface area contributed by atoms with E-state index in [9.17, 15) is 14.4 Å². The number of rotatable bonds is 7. The van der Waals surface area contributed by atoms with Gasteiger partial charge in [0.1, 0.15) is 5.25 Å². The summed E-state index contributed by atoms with van der Waals surface area (Å²) in [5.41, 5.74) is 4.21. The van der Waals surface area contributed by atoms with E-state index >= 15 is 0 Å². The van der Waals surface area contributed by atoms with Crippen molar-refractivity contribution < 1.29 is 14.4 Å². The highest BCUT2D eigenvalue weighted by molar-refractivity contribution is 8.15. The summed E-state index contributed by atoms with van der Waals surface area (Å²) in [5.74, 6) is -0.129. The number of hydrogen-bond acceptors (Lipinski definition) is 5. The summed E-state index contributed by atoms with van der Waals surface area (Å²) in [7, 11) is 0. The van der Waals surface area contributed by atoms with Gasteiger partial charge in [0.15, 0.2) is 11.0 Å². The molecule has 33 heavy (non-hydrogen) atoms. The number of nitrogens with zero attached hydrogens (tertiary/aromatic N) is 2. The van der Waals surface area contributed by atoms with Gasteiger partial charge in [-0.1, -0.05) is 43.3 Å². The van der Waals surface area contributed by atoms with E-state index in [0.29, 0.717) is 16.4 Å². The van der Waals surface area contributed by atoms with Gasteiger partial charge in [-0.25, -0.2) is 4.99 Å². The lowest BCUT2D eigenvalue weighted by Crippen LogP contribution is -2.42. The van der Waals surface area contributed by atoms with Crippen LogP contribution in [0.4, 0.5) is 11.4 Å². The quantitative estimate of drug-likeness (QED) is 0.547. The van der Waals surface area contributed by atoms with Gasteiger partial charge in [0.2, 0.25) is 11.8 Å². The van der Waals surface area contributed by atoms with Crippen LogP contribution < -0.4 is 5.32 Å². The maximum absolute atomic E-state index is 13.3. The van der Waals surface area contributed by atoms with Crippen molar-refractivity contribution in [3.8, 4) is 0 Å². The highest BCUT2D eigenvalue weighted by atomic mass is 32.2. The number of carbonyl (C=O) groups excluding carboxylic acids is 3. The number of hydrogen-bond donors (Lipinski definition) is 1. The molecule has 2 unspecified atom stereocenters. The lowest BCUT2D eigenvalue weighted by Gasteiger charge is -2.27. The third-order valence-electron chi connectivity index (χ3n) is 5.85. The summed E-state index contributed by atoms with van der Waals surface area (Å²) in [4.78, 5) is 44.0. The van der Waals surface area contributed by atoms with Gasteiger partial charge in [0.05, 0.1) is 5.69 Å². The van der Waals surface area contributed by atoms with Crippen molar-refractivity contribution in [2.75, 3.05) is 5.32 Å². The summed E-state index contributed by atoms with van der Waals surface area (Å²) in [6, 6.07) is 12.7. The van der Waals surface area contributed by atoms with Gasteiger partial charge in [-0.15, -0.1) is 0 Å². The molecule has 7 heteroatoms. The van der Waals surface area contributed by atoms with Crippen molar-refractivity contribution in [1.29, 1.82) is 0 Å². The van der Waals surface area contributed by atoms with Crippen molar-refractivity contribution in [1.82, 2.24) is 4.90 Å². The standard InChI is InChI=1S/C26H31N3O3S/c1-15(2)18(5)29-25(32)23(33-26(29)28-22-12-7-16(3)13-17(22)4)14-24(31)27-21-10-8-20(9-11-21)19(6)30/h7-13,15,18,23H,14H2,1-6H3,(H,27,31). The van der Waals surface area contributed by atoms with E-state index in [4.69, 9.17) is 4.99 Å². The number of aryl methyl sites for hydroxylation is 2. The first-order valence-corrected chi connectivity index (χ1v) is 12.0. The summed E-state index contributed by atoms with van der Waals surface area (Å²) in [5, 5.41) is 2.93. The molecule has 1 N–H and O–H groups in total. The Bertz CT molecular complexity index is 1090. The van der Waals surface area contributed by atoms with Crippen LogP contribution in [0.2, 0.25) is 0 Å². The third-order valence-corrected chi connectivity index (χ3v) is 7.00. The van der Waals surface area contributed by atoms with Gasteiger partial charge in [-0.05, 0) is 69.5 Å². The third kappa shape index (κ3) is 5.90. The van der Waals surface area contributed by atoms with Gasteiger partial charge in [-0.3, -0.25) is 19.3 Å². The molecule has 3 rings (SSSR count). The lowest BCUT2D eigenvalue weighted by atomic mass is 10.0. The Morgan fingerprint density at radius 3 is 2.33 bits per heavy atom. The molecule has 0 aliphatic carbocycles. The van der Waals surface area contributed by atoms with Crippen LogP contribution >= 0.6 is 11.8 Å². The van der Waals surface area contributed by atoms with Gasteiger partial charge in [0.25, 0.3) is 0 Å². The minimum atomic E-state index is -0.535. The number of aliphatic imine (C=N–C) groups is 1. The fourth-order valence-electron chi connectivity index (χ4n) is 3.57. The predicted octanol–water partition coefficient (Wildman–Crippen LogP) is 5.51. The Morgan fingerprint density at radius 1 is 1.09 bits per heavy atom. The van der Waals surface area contributed by atoms with E-state index in [1.54, 1.807) is 29.2 Å². The highest BCUT2D eigenvalue weighted by Crippen LogP contribution is 2.35. The SMILES string of the molecule is CC(=O)c1ccc(NC(=O)CC2SC(=Nc3ccc(C)cc3C)N(C(C)C(C)C)C2=O)cc1. The molecule has 0 bridgehead atoms. The molecule has 1 fully saturated rings. The van der Waals surface area contributed by atoms with Crippen LogP contribution in [0.5, 0.6) is 0 Å². The zero-order chi connectivity index (χ0) is 24.3. The summed E-state index contributed by atoms with van der Waals surface area (Å²) in [6.07, 6.45) is 0.0468. The molecule has 174 valence electrons. The fraction of sp³-hybridized carbons (Fsp3) is 0.385. The number of nitrogens with one attached hydrogen (secondary N) is 1. The first-order valence-electron chi connectivity index (χ1n) is 11.1. The number of amidine groups is 1. The molecule has 1 heterocycles. The normalized spacial score (nSPS) is 18.2. The summed E-state index contributed by atoms with van der Waals surface area (Å²) < 4.78 is 0. The Balaban J connectivity index is 1.79.